The first-order valence-electron chi connectivity index (χ1n) is 4.96. The summed E-state index contributed by atoms with van der Waals surface area (Å²) in [6.45, 7) is 4.25. The number of nitrogens with zero attached hydrogens (tertiary/aromatic N) is 3. The Labute approximate surface area is 89.5 Å². The van der Waals surface area contributed by atoms with Crippen LogP contribution < -0.4 is 5.32 Å². The van der Waals surface area contributed by atoms with Gasteiger partial charge in [0.05, 0.1) is 0 Å². The molecular formula is C9H18N4S. The van der Waals surface area contributed by atoms with Gasteiger partial charge in [-0.15, -0.1) is 10.2 Å². The van der Waals surface area contributed by atoms with E-state index in [0.717, 1.165) is 25.3 Å². The van der Waals surface area contributed by atoms with Gasteiger partial charge in [-0.05, 0) is 5.75 Å². The van der Waals surface area contributed by atoms with Gasteiger partial charge in [0, 0.05) is 32.3 Å². The molecule has 0 radical (unpaired) electrons. The molecule has 14 heavy (non-hydrogen) atoms. The SMILES string of the molecule is CCSCCNCCc1nncn1C. The zero-order valence-corrected chi connectivity index (χ0v) is 9.68. The van der Waals surface area contributed by atoms with Crippen LogP contribution in [-0.2, 0) is 13.5 Å². The van der Waals surface area contributed by atoms with Crippen molar-refractivity contribution in [3.63, 3.8) is 0 Å². The minimum atomic E-state index is 0.952. The molecule has 0 saturated heterocycles. The smallest absolute Gasteiger partial charge is 0.133 e. The Bertz CT molecular complexity index is 249. The molecule has 0 aliphatic heterocycles. The van der Waals surface area contributed by atoms with Crippen LogP contribution in [0, 0.1) is 0 Å². The molecule has 0 aliphatic carbocycles. The molecule has 0 bridgehead atoms. The fourth-order valence-corrected chi connectivity index (χ4v) is 1.72. The van der Waals surface area contributed by atoms with Crippen molar-refractivity contribution in [2.75, 3.05) is 24.6 Å². The molecule has 4 nitrogen and oxygen atoms in total. The molecule has 0 fully saturated rings. The Morgan fingerprint density at radius 1 is 1.50 bits per heavy atom. The summed E-state index contributed by atoms with van der Waals surface area (Å²) in [5.41, 5.74) is 0. The van der Waals surface area contributed by atoms with E-state index >= 15 is 0 Å². The lowest BCUT2D eigenvalue weighted by Gasteiger charge is -2.03. The van der Waals surface area contributed by atoms with Gasteiger partial charge in [0.1, 0.15) is 12.2 Å². The van der Waals surface area contributed by atoms with Gasteiger partial charge in [-0.2, -0.15) is 11.8 Å². The summed E-state index contributed by atoms with van der Waals surface area (Å²) >= 11 is 1.96. The van der Waals surface area contributed by atoms with Gasteiger partial charge in [0.25, 0.3) is 0 Å². The molecule has 1 aromatic rings. The van der Waals surface area contributed by atoms with Crippen molar-refractivity contribution in [1.82, 2.24) is 20.1 Å². The van der Waals surface area contributed by atoms with E-state index in [0.29, 0.717) is 0 Å². The van der Waals surface area contributed by atoms with Crippen LogP contribution >= 0.6 is 11.8 Å². The first-order valence-corrected chi connectivity index (χ1v) is 6.11. The van der Waals surface area contributed by atoms with Crippen molar-refractivity contribution in [2.24, 2.45) is 7.05 Å². The van der Waals surface area contributed by atoms with Crippen molar-refractivity contribution in [2.45, 2.75) is 13.3 Å². The number of aryl methyl sites for hydroxylation is 1. The van der Waals surface area contributed by atoms with Crippen LogP contribution in [0.3, 0.4) is 0 Å². The van der Waals surface area contributed by atoms with Gasteiger partial charge in [0.2, 0.25) is 0 Å². The average molecular weight is 214 g/mol. The summed E-state index contributed by atoms with van der Waals surface area (Å²) in [7, 11) is 1.97. The molecule has 1 rings (SSSR count). The van der Waals surface area contributed by atoms with E-state index in [1.54, 1.807) is 6.33 Å². The third-order valence-electron chi connectivity index (χ3n) is 1.96. The maximum Gasteiger partial charge on any atom is 0.133 e. The van der Waals surface area contributed by atoms with Gasteiger partial charge in [-0.1, -0.05) is 6.92 Å². The Morgan fingerprint density at radius 3 is 3.00 bits per heavy atom. The molecule has 1 heterocycles. The largest absolute Gasteiger partial charge is 0.321 e. The van der Waals surface area contributed by atoms with Gasteiger partial charge < -0.3 is 9.88 Å². The van der Waals surface area contributed by atoms with Crippen molar-refractivity contribution in [1.29, 1.82) is 0 Å². The van der Waals surface area contributed by atoms with Crippen molar-refractivity contribution < 1.29 is 0 Å². The van der Waals surface area contributed by atoms with Crippen LogP contribution in [0.4, 0.5) is 0 Å². The molecule has 80 valence electrons. The number of aromatic nitrogens is 3. The average Bonchev–Trinajstić information content (AvgIpc) is 2.58. The first-order chi connectivity index (χ1) is 6.84. The standard InChI is InChI=1S/C9H18N4S/c1-3-14-7-6-10-5-4-9-12-11-8-13(9)2/h8,10H,3-7H2,1-2H3. The topological polar surface area (TPSA) is 42.7 Å². The molecule has 0 spiro atoms. The first kappa shape index (κ1) is 11.5. The normalized spacial score (nSPS) is 10.7. The quantitative estimate of drug-likeness (QED) is 0.679. The molecule has 0 saturated carbocycles. The third-order valence-corrected chi connectivity index (χ3v) is 2.86. The molecule has 1 N–H and O–H groups in total. The van der Waals surface area contributed by atoms with E-state index in [-0.39, 0.29) is 0 Å². The maximum absolute atomic E-state index is 4.02. The number of rotatable bonds is 7. The zero-order valence-electron chi connectivity index (χ0n) is 8.86. The van der Waals surface area contributed by atoms with E-state index in [2.05, 4.69) is 22.4 Å². The molecular weight excluding hydrogens is 196 g/mol. The number of hydrogen-bond acceptors (Lipinski definition) is 4. The van der Waals surface area contributed by atoms with Crippen molar-refractivity contribution in [3.05, 3.63) is 12.2 Å². The fourth-order valence-electron chi connectivity index (χ4n) is 1.15. The van der Waals surface area contributed by atoms with Gasteiger partial charge in [0.15, 0.2) is 0 Å². The Kier molecular flexibility index (Phi) is 5.63. The van der Waals surface area contributed by atoms with E-state index in [9.17, 15) is 0 Å². The Morgan fingerprint density at radius 2 is 2.36 bits per heavy atom. The minimum absolute atomic E-state index is 0.952. The van der Waals surface area contributed by atoms with Gasteiger partial charge >= 0.3 is 0 Å². The number of hydrogen-bond donors (Lipinski definition) is 1. The molecule has 0 aromatic carbocycles. The molecule has 0 atom stereocenters. The van der Waals surface area contributed by atoms with E-state index in [1.165, 1.54) is 11.5 Å². The van der Waals surface area contributed by atoms with E-state index in [1.807, 2.05) is 23.4 Å². The molecule has 0 aliphatic rings. The number of nitrogens with one attached hydrogen (secondary N) is 1. The molecule has 5 heteroatoms. The molecule has 0 amide bonds. The lowest BCUT2D eigenvalue weighted by atomic mass is 10.4. The molecule has 0 unspecified atom stereocenters. The van der Waals surface area contributed by atoms with Crippen molar-refractivity contribution >= 4 is 11.8 Å². The maximum atomic E-state index is 4.02. The highest BCUT2D eigenvalue weighted by Crippen LogP contribution is 1.95. The van der Waals surface area contributed by atoms with Crippen LogP contribution in [0.5, 0.6) is 0 Å². The highest BCUT2D eigenvalue weighted by Gasteiger charge is 1.98. The van der Waals surface area contributed by atoms with E-state index in [4.69, 9.17) is 0 Å². The van der Waals surface area contributed by atoms with E-state index < -0.39 is 0 Å². The Hall–Kier alpha value is -0.550. The lowest BCUT2D eigenvalue weighted by Crippen LogP contribution is -2.21. The number of thioether (sulfide) groups is 1. The van der Waals surface area contributed by atoms with Crippen LogP contribution in [0.1, 0.15) is 12.7 Å². The van der Waals surface area contributed by atoms with Crippen LogP contribution in [0.2, 0.25) is 0 Å². The van der Waals surface area contributed by atoms with Gasteiger partial charge in [-0.25, -0.2) is 0 Å². The second-order valence-electron chi connectivity index (χ2n) is 3.05. The van der Waals surface area contributed by atoms with Crippen LogP contribution in [0.25, 0.3) is 0 Å². The van der Waals surface area contributed by atoms with Crippen LogP contribution in [0.15, 0.2) is 6.33 Å². The second-order valence-corrected chi connectivity index (χ2v) is 4.45. The Balaban J connectivity index is 2.02. The second kappa shape index (κ2) is 6.84. The summed E-state index contributed by atoms with van der Waals surface area (Å²) in [5.74, 6) is 3.43. The fraction of sp³-hybridized carbons (Fsp3) is 0.778. The molecule has 1 aromatic heterocycles. The van der Waals surface area contributed by atoms with Crippen molar-refractivity contribution in [3.8, 4) is 0 Å². The monoisotopic (exact) mass is 214 g/mol. The summed E-state index contributed by atoms with van der Waals surface area (Å²) in [5, 5.41) is 11.2. The zero-order chi connectivity index (χ0) is 10.2. The summed E-state index contributed by atoms with van der Waals surface area (Å²) in [6, 6.07) is 0. The minimum Gasteiger partial charge on any atom is -0.321 e. The highest BCUT2D eigenvalue weighted by atomic mass is 32.2. The third kappa shape index (κ3) is 4.11. The lowest BCUT2D eigenvalue weighted by molar-refractivity contribution is 0.677. The van der Waals surface area contributed by atoms with Gasteiger partial charge in [-0.3, -0.25) is 0 Å². The van der Waals surface area contributed by atoms with Crippen LogP contribution in [-0.4, -0.2) is 39.4 Å². The predicted octanol–water partition coefficient (Wildman–Crippen LogP) is 0.700. The predicted molar refractivity (Wildman–Crippen MR) is 60.6 cm³/mol. The summed E-state index contributed by atoms with van der Waals surface area (Å²) in [6.07, 6.45) is 2.69. The summed E-state index contributed by atoms with van der Waals surface area (Å²) < 4.78 is 1.96. The summed E-state index contributed by atoms with van der Waals surface area (Å²) in [4.78, 5) is 0. The highest BCUT2D eigenvalue weighted by molar-refractivity contribution is 7.99.